The highest BCUT2D eigenvalue weighted by molar-refractivity contribution is 6.09. The van der Waals surface area contributed by atoms with Crippen LogP contribution in [-0.4, -0.2) is 38.9 Å². The molecule has 2 aromatic rings. The molecule has 4 rings (SSSR count). The van der Waals surface area contributed by atoms with Crippen LogP contribution in [0.2, 0.25) is 0 Å². The monoisotopic (exact) mass is 368 g/mol. The van der Waals surface area contributed by atoms with Crippen LogP contribution in [0.15, 0.2) is 24.3 Å². The van der Waals surface area contributed by atoms with E-state index in [1.54, 1.807) is 24.3 Å². The van der Waals surface area contributed by atoms with Gasteiger partial charge in [-0.05, 0) is 31.4 Å². The predicted octanol–water partition coefficient (Wildman–Crippen LogP) is 1.54. The van der Waals surface area contributed by atoms with Gasteiger partial charge in [0.1, 0.15) is 11.9 Å². The highest BCUT2D eigenvalue weighted by Gasteiger charge is 2.28. The van der Waals surface area contributed by atoms with Crippen molar-refractivity contribution in [1.29, 1.82) is 0 Å². The Balaban J connectivity index is 1.33. The van der Waals surface area contributed by atoms with Gasteiger partial charge in [0, 0.05) is 12.3 Å². The fourth-order valence-corrected chi connectivity index (χ4v) is 3.17. The lowest BCUT2D eigenvalue weighted by molar-refractivity contribution is -0.118. The molecule has 0 saturated heterocycles. The lowest BCUT2D eigenvalue weighted by Crippen LogP contribution is -2.41. The number of hydrogen-bond donors (Lipinski definition) is 4. The van der Waals surface area contributed by atoms with E-state index >= 15 is 0 Å². The molecule has 1 saturated carbocycles. The zero-order valence-corrected chi connectivity index (χ0v) is 14.6. The maximum atomic E-state index is 12.3. The Labute approximate surface area is 155 Å². The van der Waals surface area contributed by atoms with E-state index in [4.69, 9.17) is 0 Å². The molecule has 140 valence electrons. The van der Waals surface area contributed by atoms with Crippen molar-refractivity contribution in [1.82, 2.24) is 20.5 Å². The van der Waals surface area contributed by atoms with Crippen molar-refractivity contribution in [2.75, 3.05) is 10.6 Å². The number of para-hydroxylation sites is 1. The van der Waals surface area contributed by atoms with E-state index in [-0.39, 0.29) is 36.5 Å². The fourth-order valence-electron chi connectivity index (χ4n) is 3.17. The van der Waals surface area contributed by atoms with Crippen LogP contribution in [0.4, 0.5) is 11.6 Å². The third-order valence-corrected chi connectivity index (χ3v) is 4.96. The first-order valence-corrected chi connectivity index (χ1v) is 9.03. The predicted molar refractivity (Wildman–Crippen MR) is 97.2 cm³/mol. The van der Waals surface area contributed by atoms with E-state index in [0.717, 1.165) is 18.7 Å². The summed E-state index contributed by atoms with van der Waals surface area (Å²) in [5.74, 6) is 0.445. The highest BCUT2D eigenvalue weighted by atomic mass is 16.2. The molecule has 1 aromatic heterocycles. The number of nitrogens with zero attached hydrogens (tertiary/aromatic N) is 2. The quantitative estimate of drug-likeness (QED) is 0.636. The first-order valence-electron chi connectivity index (χ1n) is 9.03. The normalized spacial score (nSPS) is 19.3. The lowest BCUT2D eigenvalue weighted by Gasteiger charge is -2.22. The van der Waals surface area contributed by atoms with Crippen molar-refractivity contribution in [3.63, 3.8) is 0 Å². The number of carbonyl (C=O) groups excluding carboxylic acids is 3. The minimum atomic E-state index is -0.784. The molecule has 3 amide bonds. The third kappa shape index (κ3) is 3.67. The van der Waals surface area contributed by atoms with Crippen molar-refractivity contribution >= 4 is 29.4 Å². The van der Waals surface area contributed by atoms with Crippen LogP contribution in [0.25, 0.3) is 0 Å². The number of carbonyl (C=O) groups is 3. The second-order valence-electron chi connectivity index (χ2n) is 6.82. The van der Waals surface area contributed by atoms with E-state index in [9.17, 15) is 14.4 Å². The second-order valence-corrected chi connectivity index (χ2v) is 6.82. The average molecular weight is 368 g/mol. The number of aromatic nitrogens is 3. The smallest absolute Gasteiger partial charge is 0.254 e. The molecule has 4 N–H and O–H groups in total. The molecule has 2 aliphatic rings. The molecule has 1 atom stereocenters. The SMILES string of the molecule is O=C(CC[C@H]1NC(=O)c2ccccc2NC1=O)Nc1n[nH]c(C2CCC2)n1. The highest BCUT2D eigenvalue weighted by Crippen LogP contribution is 2.34. The molecule has 9 heteroatoms. The molecule has 0 unspecified atom stereocenters. The van der Waals surface area contributed by atoms with Crippen LogP contribution >= 0.6 is 0 Å². The molecular weight excluding hydrogens is 348 g/mol. The van der Waals surface area contributed by atoms with Crippen molar-refractivity contribution in [2.24, 2.45) is 0 Å². The van der Waals surface area contributed by atoms with Gasteiger partial charge >= 0.3 is 0 Å². The zero-order valence-electron chi connectivity index (χ0n) is 14.6. The summed E-state index contributed by atoms with van der Waals surface area (Å²) >= 11 is 0. The Morgan fingerprint density at radius 3 is 2.81 bits per heavy atom. The Hall–Kier alpha value is -3.23. The molecular formula is C18H20N6O3. The van der Waals surface area contributed by atoms with Crippen molar-refractivity contribution in [2.45, 2.75) is 44.1 Å². The Morgan fingerprint density at radius 2 is 2.04 bits per heavy atom. The first-order chi connectivity index (χ1) is 13.1. The average Bonchev–Trinajstić information content (AvgIpc) is 2.99. The van der Waals surface area contributed by atoms with Gasteiger partial charge < -0.3 is 10.6 Å². The summed E-state index contributed by atoms with van der Waals surface area (Å²) in [5.41, 5.74) is 0.873. The molecule has 27 heavy (non-hydrogen) atoms. The molecule has 1 aromatic carbocycles. The van der Waals surface area contributed by atoms with Gasteiger partial charge in [0.2, 0.25) is 17.8 Å². The minimum absolute atomic E-state index is 0.0576. The van der Waals surface area contributed by atoms with E-state index in [1.807, 2.05) is 0 Å². The Morgan fingerprint density at radius 1 is 1.22 bits per heavy atom. The van der Waals surface area contributed by atoms with Gasteiger partial charge in [0.05, 0.1) is 11.3 Å². The Kier molecular flexibility index (Phi) is 4.57. The van der Waals surface area contributed by atoms with Gasteiger partial charge in [-0.1, -0.05) is 18.6 Å². The molecule has 1 aliphatic carbocycles. The molecule has 0 bridgehead atoms. The number of amides is 3. The summed E-state index contributed by atoms with van der Waals surface area (Å²) in [6.07, 6.45) is 3.59. The number of benzene rings is 1. The first kappa shape index (κ1) is 17.2. The fraction of sp³-hybridized carbons (Fsp3) is 0.389. The molecule has 1 aliphatic heterocycles. The van der Waals surface area contributed by atoms with Crippen LogP contribution in [0.5, 0.6) is 0 Å². The zero-order chi connectivity index (χ0) is 18.8. The van der Waals surface area contributed by atoms with Crippen LogP contribution in [-0.2, 0) is 9.59 Å². The number of hydrogen-bond acceptors (Lipinski definition) is 5. The number of anilines is 2. The van der Waals surface area contributed by atoms with Crippen LogP contribution in [0, 0.1) is 0 Å². The number of aromatic amines is 1. The molecule has 9 nitrogen and oxygen atoms in total. The van der Waals surface area contributed by atoms with Crippen LogP contribution in [0.3, 0.4) is 0 Å². The minimum Gasteiger partial charge on any atom is -0.340 e. The van der Waals surface area contributed by atoms with Gasteiger partial charge in [-0.15, -0.1) is 5.10 Å². The van der Waals surface area contributed by atoms with Crippen molar-refractivity contribution in [3.05, 3.63) is 35.7 Å². The summed E-state index contributed by atoms with van der Waals surface area (Å²) in [5, 5.41) is 14.9. The number of rotatable bonds is 5. The standard InChI is InChI=1S/C18H20N6O3/c25-14(21-18-22-15(23-24-18)10-4-3-5-10)9-8-13-17(27)19-12-7-2-1-6-11(12)16(26)20-13/h1-2,6-7,10,13H,3-5,8-9H2,(H,19,27)(H,20,26)(H2,21,22,23,24,25)/t13-/m1/s1. The van der Waals surface area contributed by atoms with Crippen molar-refractivity contribution < 1.29 is 14.4 Å². The van der Waals surface area contributed by atoms with Gasteiger partial charge in [0.25, 0.3) is 5.91 Å². The summed E-state index contributed by atoms with van der Waals surface area (Å²) < 4.78 is 0. The third-order valence-electron chi connectivity index (χ3n) is 4.96. The van der Waals surface area contributed by atoms with Gasteiger partial charge in [0.15, 0.2) is 0 Å². The van der Waals surface area contributed by atoms with Crippen LogP contribution < -0.4 is 16.0 Å². The Bertz CT molecular complexity index is 889. The largest absolute Gasteiger partial charge is 0.340 e. The molecule has 0 spiro atoms. The molecule has 0 radical (unpaired) electrons. The molecule has 2 heterocycles. The van der Waals surface area contributed by atoms with E-state index in [1.165, 1.54) is 6.42 Å². The number of H-pyrrole nitrogens is 1. The maximum absolute atomic E-state index is 12.3. The topological polar surface area (TPSA) is 129 Å². The maximum Gasteiger partial charge on any atom is 0.254 e. The van der Waals surface area contributed by atoms with Gasteiger partial charge in [-0.25, -0.2) is 0 Å². The van der Waals surface area contributed by atoms with Crippen molar-refractivity contribution in [3.8, 4) is 0 Å². The lowest BCUT2D eigenvalue weighted by atomic mass is 9.85. The summed E-state index contributed by atoms with van der Waals surface area (Å²) in [6, 6.07) is 6.00. The summed E-state index contributed by atoms with van der Waals surface area (Å²) in [7, 11) is 0. The number of fused-ring (bicyclic) bond motifs is 1. The van der Waals surface area contributed by atoms with E-state index < -0.39 is 6.04 Å². The van der Waals surface area contributed by atoms with E-state index in [0.29, 0.717) is 17.2 Å². The van der Waals surface area contributed by atoms with Gasteiger partial charge in [-0.3, -0.25) is 24.8 Å². The second kappa shape index (κ2) is 7.18. The van der Waals surface area contributed by atoms with Gasteiger partial charge in [-0.2, -0.15) is 4.98 Å². The molecule has 1 fully saturated rings. The summed E-state index contributed by atoms with van der Waals surface area (Å²) in [4.78, 5) is 41.0. The summed E-state index contributed by atoms with van der Waals surface area (Å²) in [6.45, 7) is 0. The van der Waals surface area contributed by atoms with E-state index in [2.05, 4.69) is 31.1 Å². The van der Waals surface area contributed by atoms with Crippen LogP contribution in [0.1, 0.15) is 54.2 Å². The number of nitrogens with one attached hydrogen (secondary N) is 4.